The molecule has 5 heteroatoms. The number of rotatable bonds is 4. The summed E-state index contributed by atoms with van der Waals surface area (Å²) < 4.78 is 0. The van der Waals surface area contributed by atoms with Crippen molar-refractivity contribution in [2.45, 2.75) is 13.8 Å². The largest absolute Gasteiger partial charge is 0.368 e. The SMILES string of the molecule is CC(C)C(C#N)C(=O)NCC(N)=O. The van der Waals surface area contributed by atoms with Crippen LogP contribution in [0.3, 0.4) is 0 Å². The van der Waals surface area contributed by atoms with Crippen molar-refractivity contribution >= 4 is 11.8 Å². The summed E-state index contributed by atoms with van der Waals surface area (Å²) >= 11 is 0. The van der Waals surface area contributed by atoms with Crippen molar-refractivity contribution in [3.05, 3.63) is 0 Å². The lowest BCUT2D eigenvalue weighted by Crippen LogP contribution is -2.38. The normalized spacial score (nSPS) is 11.8. The molecule has 5 nitrogen and oxygen atoms in total. The summed E-state index contributed by atoms with van der Waals surface area (Å²) in [7, 11) is 0. The summed E-state index contributed by atoms with van der Waals surface area (Å²) in [6.45, 7) is 3.30. The molecule has 0 aliphatic heterocycles. The van der Waals surface area contributed by atoms with Crippen LogP contribution in [0.4, 0.5) is 0 Å². The smallest absolute Gasteiger partial charge is 0.238 e. The molecule has 2 amide bonds. The van der Waals surface area contributed by atoms with Crippen molar-refractivity contribution in [1.82, 2.24) is 5.32 Å². The molecule has 0 spiro atoms. The monoisotopic (exact) mass is 183 g/mol. The van der Waals surface area contributed by atoms with Gasteiger partial charge in [0.25, 0.3) is 0 Å². The van der Waals surface area contributed by atoms with E-state index in [0.29, 0.717) is 0 Å². The van der Waals surface area contributed by atoms with E-state index < -0.39 is 17.7 Å². The molecule has 1 unspecified atom stereocenters. The minimum Gasteiger partial charge on any atom is -0.368 e. The Morgan fingerprint density at radius 1 is 1.54 bits per heavy atom. The van der Waals surface area contributed by atoms with E-state index in [4.69, 9.17) is 11.0 Å². The maximum atomic E-state index is 11.2. The molecule has 0 radical (unpaired) electrons. The van der Waals surface area contributed by atoms with Crippen LogP contribution in [-0.2, 0) is 9.59 Å². The molecule has 0 saturated heterocycles. The van der Waals surface area contributed by atoms with Crippen LogP contribution >= 0.6 is 0 Å². The van der Waals surface area contributed by atoms with Gasteiger partial charge in [-0.3, -0.25) is 9.59 Å². The molecule has 0 aliphatic rings. The van der Waals surface area contributed by atoms with Crippen molar-refractivity contribution in [2.24, 2.45) is 17.6 Å². The second kappa shape index (κ2) is 5.14. The molecule has 0 saturated carbocycles. The number of carbonyl (C=O) groups is 2. The van der Waals surface area contributed by atoms with Crippen LogP contribution in [0.15, 0.2) is 0 Å². The van der Waals surface area contributed by atoms with Crippen LogP contribution < -0.4 is 11.1 Å². The number of amides is 2. The Labute approximate surface area is 76.9 Å². The highest BCUT2D eigenvalue weighted by Crippen LogP contribution is 2.08. The molecule has 0 fully saturated rings. The third-order valence-electron chi connectivity index (χ3n) is 1.53. The van der Waals surface area contributed by atoms with Crippen LogP contribution in [0.2, 0.25) is 0 Å². The van der Waals surface area contributed by atoms with Gasteiger partial charge in [0.15, 0.2) is 0 Å². The Kier molecular flexibility index (Phi) is 4.52. The molecule has 1 atom stereocenters. The van der Waals surface area contributed by atoms with Crippen LogP contribution in [0.25, 0.3) is 0 Å². The predicted molar refractivity (Wildman–Crippen MR) is 46.1 cm³/mol. The van der Waals surface area contributed by atoms with Crippen LogP contribution in [0.5, 0.6) is 0 Å². The van der Waals surface area contributed by atoms with Gasteiger partial charge in [-0.05, 0) is 5.92 Å². The van der Waals surface area contributed by atoms with E-state index in [9.17, 15) is 9.59 Å². The fourth-order valence-corrected chi connectivity index (χ4v) is 0.795. The lowest BCUT2D eigenvalue weighted by Gasteiger charge is -2.11. The number of hydrogen-bond donors (Lipinski definition) is 2. The summed E-state index contributed by atoms with van der Waals surface area (Å²) in [5.41, 5.74) is 4.82. The van der Waals surface area contributed by atoms with E-state index in [2.05, 4.69) is 5.32 Å². The number of nitrogens with one attached hydrogen (secondary N) is 1. The molecular formula is C8H13N3O2. The van der Waals surface area contributed by atoms with Gasteiger partial charge < -0.3 is 11.1 Å². The fourth-order valence-electron chi connectivity index (χ4n) is 0.795. The highest BCUT2D eigenvalue weighted by atomic mass is 16.2. The summed E-state index contributed by atoms with van der Waals surface area (Å²) in [6.07, 6.45) is 0. The van der Waals surface area contributed by atoms with Gasteiger partial charge in [0.05, 0.1) is 12.6 Å². The maximum absolute atomic E-state index is 11.2. The Hall–Kier alpha value is -1.57. The zero-order valence-corrected chi connectivity index (χ0v) is 7.70. The standard InChI is InChI=1S/C8H13N3O2/c1-5(2)6(3-9)8(13)11-4-7(10)12/h5-6H,4H2,1-2H3,(H2,10,12)(H,11,13). The third kappa shape index (κ3) is 4.11. The third-order valence-corrected chi connectivity index (χ3v) is 1.53. The van der Waals surface area contributed by atoms with Gasteiger partial charge in [-0.1, -0.05) is 13.8 Å². The number of primary amides is 1. The molecule has 0 aromatic rings. The van der Waals surface area contributed by atoms with Crippen molar-refractivity contribution in [2.75, 3.05) is 6.54 Å². The zero-order chi connectivity index (χ0) is 10.4. The van der Waals surface area contributed by atoms with Gasteiger partial charge in [0.2, 0.25) is 11.8 Å². The summed E-state index contributed by atoms with van der Waals surface area (Å²) in [6, 6.07) is 1.86. The van der Waals surface area contributed by atoms with E-state index in [0.717, 1.165) is 0 Å². The second-order valence-corrected chi connectivity index (χ2v) is 3.03. The van der Waals surface area contributed by atoms with E-state index in [1.807, 2.05) is 6.07 Å². The minimum absolute atomic E-state index is 0.0714. The van der Waals surface area contributed by atoms with Gasteiger partial charge >= 0.3 is 0 Å². The van der Waals surface area contributed by atoms with E-state index in [1.165, 1.54) is 0 Å². The molecule has 0 heterocycles. The summed E-state index contributed by atoms with van der Waals surface area (Å²) in [5, 5.41) is 10.9. The number of nitriles is 1. The van der Waals surface area contributed by atoms with Gasteiger partial charge in [0.1, 0.15) is 5.92 Å². The van der Waals surface area contributed by atoms with Crippen molar-refractivity contribution < 1.29 is 9.59 Å². The lowest BCUT2D eigenvalue weighted by atomic mass is 9.97. The molecule has 0 rings (SSSR count). The Morgan fingerprint density at radius 3 is 2.38 bits per heavy atom. The number of nitrogens with two attached hydrogens (primary N) is 1. The lowest BCUT2D eigenvalue weighted by molar-refractivity contribution is -0.127. The average Bonchev–Trinajstić information content (AvgIpc) is 2.01. The molecular weight excluding hydrogens is 170 g/mol. The van der Waals surface area contributed by atoms with Crippen molar-refractivity contribution in [3.8, 4) is 6.07 Å². The number of nitrogens with zero attached hydrogens (tertiary/aromatic N) is 1. The first kappa shape index (κ1) is 11.4. The molecule has 3 N–H and O–H groups in total. The zero-order valence-electron chi connectivity index (χ0n) is 7.70. The molecule has 0 aromatic heterocycles. The predicted octanol–water partition coefficient (Wildman–Crippen LogP) is -0.616. The fraction of sp³-hybridized carbons (Fsp3) is 0.625. The van der Waals surface area contributed by atoms with Crippen LogP contribution in [0.1, 0.15) is 13.8 Å². The van der Waals surface area contributed by atoms with Gasteiger partial charge in [-0.25, -0.2) is 0 Å². The Bertz CT molecular complexity index is 242. The molecule has 13 heavy (non-hydrogen) atoms. The van der Waals surface area contributed by atoms with Crippen LogP contribution in [0, 0.1) is 23.2 Å². The summed E-state index contributed by atoms with van der Waals surface area (Å²) in [4.78, 5) is 21.5. The van der Waals surface area contributed by atoms with Crippen molar-refractivity contribution in [3.63, 3.8) is 0 Å². The quantitative estimate of drug-likeness (QED) is 0.608. The molecule has 0 aliphatic carbocycles. The first-order chi connectivity index (χ1) is 5.99. The Morgan fingerprint density at radius 2 is 2.08 bits per heavy atom. The molecule has 0 bridgehead atoms. The van der Waals surface area contributed by atoms with E-state index in [-0.39, 0.29) is 12.5 Å². The maximum Gasteiger partial charge on any atom is 0.238 e. The average molecular weight is 183 g/mol. The van der Waals surface area contributed by atoms with Gasteiger partial charge in [0, 0.05) is 0 Å². The molecule has 0 aromatic carbocycles. The minimum atomic E-state index is -0.723. The topological polar surface area (TPSA) is 96.0 Å². The van der Waals surface area contributed by atoms with Gasteiger partial charge in [-0.15, -0.1) is 0 Å². The number of carbonyl (C=O) groups excluding carboxylic acids is 2. The second-order valence-electron chi connectivity index (χ2n) is 3.03. The van der Waals surface area contributed by atoms with Gasteiger partial charge in [-0.2, -0.15) is 5.26 Å². The first-order valence-electron chi connectivity index (χ1n) is 3.94. The molecule has 72 valence electrons. The van der Waals surface area contributed by atoms with E-state index >= 15 is 0 Å². The number of hydrogen-bond acceptors (Lipinski definition) is 3. The van der Waals surface area contributed by atoms with Crippen LogP contribution in [-0.4, -0.2) is 18.4 Å². The highest BCUT2D eigenvalue weighted by Gasteiger charge is 2.21. The highest BCUT2D eigenvalue weighted by molar-refractivity contribution is 5.86. The summed E-state index contributed by atoms with van der Waals surface area (Å²) in [5.74, 6) is -1.86. The Balaban J connectivity index is 4.09. The van der Waals surface area contributed by atoms with E-state index in [1.54, 1.807) is 13.8 Å². The van der Waals surface area contributed by atoms with Crippen molar-refractivity contribution in [1.29, 1.82) is 5.26 Å². The first-order valence-corrected chi connectivity index (χ1v) is 3.94.